The fourth-order valence-electron chi connectivity index (χ4n) is 0.885. The number of nitrogens with two attached hydrogens (primary N) is 1. The number of hydrogen-bond donors (Lipinski definition) is 2. The molecule has 0 radical (unpaired) electrons. The minimum Gasteiger partial charge on any atom is -0.374 e. The van der Waals surface area contributed by atoms with Gasteiger partial charge in [-0.25, -0.2) is 0 Å². The van der Waals surface area contributed by atoms with Gasteiger partial charge < -0.3 is 5.73 Å². The zero-order valence-corrected chi connectivity index (χ0v) is 8.22. The third kappa shape index (κ3) is 1.89. The van der Waals surface area contributed by atoms with Crippen LogP contribution in [0.1, 0.15) is 16.4 Å². The number of aryl methyl sites for hydroxylation is 1. The smallest absolute Gasteiger partial charge is 0.203 e. The second-order valence-corrected chi connectivity index (χ2v) is 3.64. The first-order valence-electron chi connectivity index (χ1n) is 3.87. The van der Waals surface area contributed by atoms with Gasteiger partial charge >= 0.3 is 0 Å². The lowest BCUT2D eigenvalue weighted by Crippen LogP contribution is -1.80. The Bertz CT molecular complexity index is 457. The van der Waals surface area contributed by atoms with E-state index in [0.717, 1.165) is 5.69 Å². The normalized spacial score (nSPS) is 9.50. The number of nitrogens with zero attached hydrogens (tertiary/aromatic N) is 3. The number of hydrogen-bond acceptors (Lipinski definition) is 5. The van der Waals surface area contributed by atoms with E-state index in [9.17, 15) is 0 Å². The summed E-state index contributed by atoms with van der Waals surface area (Å²) in [6.45, 7) is 1.92. The molecule has 2 aromatic rings. The maximum Gasteiger partial charge on any atom is 0.203 e. The van der Waals surface area contributed by atoms with Crippen molar-refractivity contribution in [1.82, 2.24) is 20.4 Å². The van der Waals surface area contributed by atoms with Crippen LogP contribution in [0.5, 0.6) is 0 Å². The molecular weight excluding hydrogens is 198 g/mol. The van der Waals surface area contributed by atoms with E-state index in [1.165, 1.54) is 11.3 Å². The first kappa shape index (κ1) is 8.72. The van der Waals surface area contributed by atoms with E-state index in [1.807, 2.05) is 13.0 Å². The Hall–Kier alpha value is -1.87. The Morgan fingerprint density at radius 1 is 1.43 bits per heavy atom. The molecule has 2 aromatic heterocycles. The maximum absolute atomic E-state index is 5.41. The summed E-state index contributed by atoms with van der Waals surface area (Å²) < 4.78 is 0. The van der Waals surface area contributed by atoms with Crippen molar-refractivity contribution in [3.63, 3.8) is 0 Å². The third-order valence-corrected chi connectivity index (χ3v) is 2.11. The molecule has 0 saturated heterocycles. The molecule has 0 aliphatic rings. The predicted octanol–water partition coefficient (Wildman–Crippen LogP) is 0.552. The third-order valence-electron chi connectivity index (χ3n) is 1.44. The molecule has 0 bridgehead atoms. The maximum atomic E-state index is 5.41. The van der Waals surface area contributed by atoms with Gasteiger partial charge in [-0.3, -0.25) is 5.10 Å². The molecule has 70 valence electrons. The molecule has 2 rings (SSSR count). The van der Waals surface area contributed by atoms with Gasteiger partial charge in [0, 0.05) is 5.69 Å². The number of aromatic nitrogens is 4. The Balaban J connectivity index is 2.22. The van der Waals surface area contributed by atoms with Crippen LogP contribution in [0, 0.1) is 18.8 Å². The van der Waals surface area contributed by atoms with E-state index in [2.05, 4.69) is 32.2 Å². The molecule has 0 aliphatic carbocycles. The highest BCUT2D eigenvalue weighted by molar-refractivity contribution is 7.15. The minimum absolute atomic E-state index is 0.424. The van der Waals surface area contributed by atoms with Crippen LogP contribution < -0.4 is 5.73 Å². The monoisotopic (exact) mass is 205 g/mol. The summed E-state index contributed by atoms with van der Waals surface area (Å²) in [6, 6.07) is 1.86. The first-order valence-corrected chi connectivity index (χ1v) is 4.69. The Kier molecular flexibility index (Phi) is 2.16. The van der Waals surface area contributed by atoms with Crippen LogP contribution in [0.2, 0.25) is 0 Å². The van der Waals surface area contributed by atoms with E-state index in [-0.39, 0.29) is 0 Å². The molecule has 0 unspecified atom stereocenters. The van der Waals surface area contributed by atoms with Gasteiger partial charge in [-0.15, -0.1) is 10.2 Å². The number of nitrogen functional groups attached to an aromatic ring is 1. The SMILES string of the molecule is Cc1cc(C#Cc2nnc(N)s2)n[nH]1. The van der Waals surface area contributed by atoms with Crippen LogP contribution in [-0.4, -0.2) is 20.4 Å². The lowest BCUT2D eigenvalue weighted by molar-refractivity contribution is 1.04. The van der Waals surface area contributed by atoms with Crippen molar-refractivity contribution in [3.05, 3.63) is 22.5 Å². The molecule has 14 heavy (non-hydrogen) atoms. The molecule has 0 aliphatic heterocycles. The Labute approximate surface area is 84.4 Å². The molecule has 5 nitrogen and oxygen atoms in total. The van der Waals surface area contributed by atoms with Crippen LogP contribution in [0.15, 0.2) is 6.07 Å². The first-order chi connectivity index (χ1) is 6.74. The van der Waals surface area contributed by atoms with Gasteiger partial charge in [0.15, 0.2) is 5.01 Å². The standard InChI is InChI=1S/C8H7N5S/c1-5-4-6(11-10-5)2-3-7-12-13-8(9)14-7/h4H,1H3,(H2,9,13)(H,10,11). The van der Waals surface area contributed by atoms with E-state index in [0.29, 0.717) is 15.8 Å². The predicted molar refractivity (Wildman–Crippen MR) is 53.6 cm³/mol. The lowest BCUT2D eigenvalue weighted by Gasteiger charge is -1.73. The second-order valence-electron chi connectivity index (χ2n) is 2.63. The molecule has 0 fully saturated rings. The van der Waals surface area contributed by atoms with Crippen LogP contribution in [0.3, 0.4) is 0 Å². The van der Waals surface area contributed by atoms with Crippen LogP contribution in [-0.2, 0) is 0 Å². The fraction of sp³-hybridized carbons (Fsp3) is 0.125. The highest BCUT2D eigenvalue weighted by Gasteiger charge is 1.96. The van der Waals surface area contributed by atoms with Gasteiger partial charge in [0.1, 0.15) is 5.69 Å². The highest BCUT2D eigenvalue weighted by atomic mass is 32.1. The van der Waals surface area contributed by atoms with Crippen molar-refractivity contribution >= 4 is 16.5 Å². The van der Waals surface area contributed by atoms with Crippen LogP contribution >= 0.6 is 11.3 Å². The Morgan fingerprint density at radius 3 is 2.86 bits per heavy atom. The van der Waals surface area contributed by atoms with Crippen molar-refractivity contribution in [2.45, 2.75) is 6.92 Å². The van der Waals surface area contributed by atoms with Gasteiger partial charge in [0.2, 0.25) is 5.13 Å². The van der Waals surface area contributed by atoms with E-state index < -0.39 is 0 Å². The minimum atomic E-state index is 0.424. The van der Waals surface area contributed by atoms with Gasteiger partial charge in [-0.2, -0.15) is 5.10 Å². The van der Waals surface area contributed by atoms with Crippen molar-refractivity contribution in [2.24, 2.45) is 0 Å². The van der Waals surface area contributed by atoms with E-state index in [4.69, 9.17) is 5.73 Å². The summed E-state index contributed by atoms with van der Waals surface area (Å²) in [5, 5.41) is 15.2. The molecule has 0 amide bonds. The van der Waals surface area contributed by atoms with Gasteiger partial charge in [-0.1, -0.05) is 11.3 Å². The molecule has 0 atom stereocenters. The quantitative estimate of drug-likeness (QED) is 0.615. The molecular formula is C8H7N5S. The summed E-state index contributed by atoms with van der Waals surface area (Å²) in [4.78, 5) is 0. The molecule has 3 N–H and O–H groups in total. The zero-order valence-electron chi connectivity index (χ0n) is 7.40. The highest BCUT2D eigenvalue weighted by Crippen LogP contribution is 2.09. The van der Waals surface area contributed by atoms with Crippen LogP contribution in [0.4, 0.5) is 5.13 Å². The lowest BCUT2D eigenvalue weighted by atomic mass is 10.4. The summed E-state index contributed by atoms with van der Waals surface area (Å²) >= 11 is 1.26. The van der Waals surface area contributed by atoms with E-state index >= 15 is 0 Å². The second kappa shape index (κ2) is 3.47. The number of aromatic amines is 1. The number of anilines is 1. The zero-order chi connectivity index (χ0) is 9.97. The summed E-state index contributed by atoms with van der Waals surface area (Å²) in [5.74, 6) is 5.68. The van der Waals surface area contributed by atoms with E-state index in [1.54, 1.807) is 0 Å². The molecule has 0 aromatic carbocycles. The number of H-pyrrole nitrogens is 1. The fourth-order valence-corrected chi connectivity index (χ4v) is 1.35. The van der Waals surface area contributed by atoms with Crippen molar-refractivity contribution in [2.75, 3.05) is 5.73 Å². The average Bonchev–Trinajstić information content (AvgIpc) is 2.72. The Morgan fingerprint density at radius 2 is 2.29 bits per heavy atom. The van der Waals surface area contributed by atoms with Gasteiger partial charge in [-0.05, 0) is 24.8 Å². The largest absolute Gasteiger partial charge is 0.374 e. The summed E-state index contributed by atoms with van der Waals surface area (Å²) in [6.07, 6.45) is 0. The van der Waals surface area contributed by atoms with Crippen molar-refractivity contribution in [1.29, 1.82) is 0 Å². The molecule has 0 saturated carbocycles. The summed E-state index contributed by atoms with van der Waals surface area (Å²) in [7, 11) is 0. The van der Waals surface area contributed by atoms with Gasteiger partial charge in [0.25, 0.3) is 0 Å². The van der Waals surface area contributed by atoms with Crippen LogP contribution in [0.25, 0.3) is 0 Å². The molecule has 2 heterocycles. The topological polar surface area (TPSA) is 80.5 Å². The molecule has 6 heteroatoms. The average molecular weight is 205 g/mol. The number of nitrogens with one attached hydrogen (secondary N) is 1. The molecule has 0 spiro atoms. The summed E-state index contributed by atoms with van der Waals surface area (Å²) in [5.41, 5.74) is 7.08. The van der Waals surface area contributed by atoms with Crippen molar-refractivity contribution < 1.29 is 0 Å². The van der Waals surface area contributed by atoms with Crippen molar-refractivity contribution in [3.8, 4) is 11.8 Å². The van der Waals surface area contributed by atoms with Gasteiger partial charge in [0.05, 0.1) is 0 Å². The number of rotatable bonds is 0.